The predicted octanol–water partition coefficient (Wildman–Crippen LogP) is 3.99. The Kier molecular flexibility index (Phi) is 7.99. The SMILES string of the molecule is CCCCCCCCCCC(=O)C1C=CC(N)C1. The lowest BCUT2D eigenvalue weighted by atomic mass is 9.97. The fraction of sp³-hybridized carbons (Fsp3) is 0.812. The van der Waals surface area contributed by atoms with Crippen LogP contribution in [0.2, 0.25) is 0 Å². The average molecular weight is 251 g/mol. The highest BCUT2D eigenvalue weighted by Gasteiger charge is 2.21. The molecule has 0 spiro atoms. The van der Waals surface area contributed by atoms with Crippen molar-refractivity contribution >= 4 is 5.78 Å². The second-order valence-corrected chi connectivity index (χ2v) is 5.58. The molecule has 0 amide bonds. The molecule has 104 valence electrons. The van der Waals surface area contributed by atoms with Crippen molar-refractivity contribution in [2.45, 2.75) is 77.2 Å². The van der Waals surface area contributed by atoms with Gasteiger partial charge < -0.3 is 5.73 Å². The van der Waals surface area contributed by atoms with Crippen molar-refractivity contribution in [2.75, 3.05) is 0 Å². The molecule has 0 saturated carbocycles. The van der Waals surface area contributed by atoms with Crippen molar-refractivity contribution in [2.24, 2.45) is 11.7 Å². The maximum Gasteiger partial charge on any atom is 0.139 e. The fourth-order valence-electron chi connectivity index (χ4n) is 2.58. The van der Waals surface area contributed by atoms with Gasteiger partial charge in [-0.15, -0.1) is 0 Å². The number of carbonyl (C=O) groups excluding carboxylic acids is 1. The summed E-state index contributed by atoms with van der Waals surface area (Å²) in [4.78, 5) is 11.9. The van der Waals surface area contributed by atoms with Gasteiger partial charge in [0.2, 0.25) is 0 Å². The van der Waals surface area contributed by atoms with Gasteiger partial charge in [-0.2, -0.15) is 0 Å². The summed E-state index contributed by atoms with van der Waals surface area (Å²) in [7, 11) is 0. The van der Waals surface area contributed by atoms with E-state index in [0.717, 1.165) is 19.3 Å². The molecule has 0 aromatic rings. The van der Waals surface area contributed by atoms with E-state index in [1.807, 2.05) is 12.2 Å². The van der Waals surface area contributed by atoms with Crippen molar-refractivity contribution in [3.05, 3.63) is 12.2 Å². The zero-order chi connectivity index (χ0) is 13.2. The summed E-state index contributed by atoms with van der Waals surface area (Å²) < 4.78 is 0. The summed E-state index contributed by atoms with van der Waals surface area (Å²) >= 11 is 0. The van der Waals surface area contributed by atoms with Crippen LogP contribution in [0.3, 0.4) is 0 Å². The Morgan fingerprint density at radius 1 is 1.06 bits per heavy atom. The maximum absolute atomic E-state index is 11.9. The van der Waals surface area contributed by atoms with E-state index >= 15 is 0 Å². The van der Waals surface area contributed by atoms with Crippen LogP contribution < -0.4 is 5.73 Å². The van der Waals surface area contributed by atoms with Gasteiger partial charge >= 0.3 is 0 Å². The highest BCUT2D eigenvalue weighted by atomic mass is 16.1. The summed E-state index contributed by atoms with van der Waals surface area (Å²) in [5, 5.41) is 0. The molecule has 0 aromatic heterocycles. The van der Waals surface area contributed by atoms with Crippen LogP contribution in [0.5, 0.6) is 0 Å². The Labute approximate surface area is 112 Å². The second kappa shape index (κ2) is 9.32. The third-order valence-electron chi connectivity index (χ3n) is 3.81. The molecule has 1 aliphatic carbocycles. The van der Waals surface area contributed by atoms with Crippen molar-refractivity contribution in [3.63, 3.8) is 0 Å². The van der Waals surface area contributed by atoms with Gasteiger partial charge in [-0.25, -0.2) is 0 Å². The number of carbonyl (C=O) groups is 1. The number of allylic oxidation sites excluding steroid dienone is 1. The number of ketones is 1. The van der Waals surface area contributed by atoms with E-state index in [-0.39, 0.29) is 12.0 Å². The Hall–Kier alpha value is -0.630. The van der Waals surface area contributed by atoms with Crippen LogP contribution in [0, 0.1) is 5.92 Å². The van der Waals surface area contributed by atoms with Crippen molar-refractivity contribution in [3.8, 4) is 0 Å². The zero-order valence-electron chi connectivity index (χ0n) is 11.9. The quantitative estimate of drug-likeness (QED) is 0.471. The van der Waals surface area contributed by atoms with Gasteiger partial charge in [0.15, 0.2) is 0 Å². The molecule has 0 saturated heterocycles. The first-order chi connectivity index (χ1) is 8.74. The Bertz CT molecular complexity index is 260. The van der Waals surface area contributed by atoms with Gasteiger partial charge in [-0.3, -0.25) is 4.79 Å². The molecular formula is C16H29NO. The maximum atomic E-state index is 11.9. The summed E-state index contributed by atoms with van der Waals surface area (Å²) in [6.07, 6.45) is 15.9. The molecule has 2 N–H and O–H groups in total. The minimum Gasteiger partial charge on any atom is -0.324 e. The van der Waals surface area contributed by atoms with Crippen LogP contribution in [0.4, 0.5) is 0 Å². The zero-order valence-corrected chi connectivity index (χ0v) is 11.9. The summed E-state index contributed by atoms with van der Waals surface area (Å²) in [5.41, 5.74) is 5.76. The number of nitrogens with two attached hydrogens (primary N) is 1. The molecular weight excluding hydrogens is 222 g/mol. The van der Waals surface area contributed by atoms with E-state index in [0.29, 0.717) is 5.78 Å². The van der Waals surface area contributed by atoms with Crippen LogP contribution >= 0.6 is 0 Å². The van der Waals surface area contributed by atoms with Crippen LogP contribution in [-0.4, -0.2) is 11.8 Å². The van der Waals surface area contributed by atoms with E-state index < -0.39 is 0 Å². The minimum absolute atomic E-state index is 0.109. The molecule has 0 heterocycles. The van der Waals surface area contributed by atoms with E-state index in [4.69, 9.17) is 5.73 Å². The number of hydrogen-bond acceptors (Lipinski definition) is 2. The molecule has 0 radical (unpaired) electrons. The van der Waals surface area contributed by atoms with Gasteiger partial charge in [-0.1, -0.05) is 64.0 Å². The molecule has 0 fully saturated rings. The largest absolute Gasteiger partial charge is 0.324 e. The monoisotopic (exact) mass is 251 g/mol. The normalized spacial score (nSPS) is 22.6. The first-order valence-electron chi connectivity index (χ1n) is 7.70. The van der Waals surface area contributed by atoms with Crippen LogP contribution in [0.25, 0.3) is 0 Å². The highest BCUT2D eigenvalue weighted by molar-refractivity contribution is 5.83. The van der Waals surface area contributed by atoms with Crippen molar-refractivity contribution in [1.29, 1.82) is 0 Å². The van der Waals surface area contributed by atoms with Gasteiger partial charge in [0, 0.05) is 18.4 Å². The van der Waals surface area contributed by atoms with Crippen molar-refractivity contribution < 1.29 is 4.79 Å². The fourth-order valence-corrected chi connectivity index (χ4v) is 2.58. The standard InChI is InChI=1S/C16H29NO/c1-2-3-4-5-6-7-8-9-10-16(18)14-11-12-15(17)13-14/h11-12,14-15H,2-10,13,17H2,1H3. The Balaban J connectivity index is 1.91. The van der Waals surface area contributed by atoms with Crippen LogP contribution in [0.1, 0.15) is 71.1 Å². The molecule has 0 aromatic carbocycles. The molecule has 0 bridgehead atoms. The second-order valence-electron chi connectivity index (χ2n) is 5.58. The molecule has 18 heavy (non-hydrogen) atoms. The third kappa shape index (κ3) is 6.34. The lowest BCUT2D eigenvalue weighted by Gasteiger charge is -2.08. The highest BCUT2D eigenvalue weighted by Crippen LogP contribution is 2.20. The Morgan fingerprint density at radius 3 is 2.22 bits per heavy atom. The van der Waals surface area contributed by atoms with Crippen molar-refractivity contribution in [1.82, 2.24) is 0 Å². The van der Waals surface area contributed by atoms with Gasteiger partial charge in [-0.05, 0) is 12.8 Å². The molecule has 1 rings (SSSR count). The summed E-state index contributed by atoms with van der Waals surface area (Å²) in [6, 6.07) is 0.109. The van der Waals surface area contributed by atoms with Gasteiger partial charge in [0.1, 0.15) is 5.78 Å². The molecule has 1 aliphatic rings. The van der Waals surface area contributed by atoms with Gasteiger partial charge in [0.25, 0.3) is 0 Å². The molecule has 2 unspecified atom stereocenters. The lowest BCUT2D eigenvalue weighted by Crippen LogP contribution is -2.18. The van der Waals surface area contributed by atoms with Crippen LogP contribution in [-0.2, 0) is 4.79 Å². The first kappa shape index (κ1) is 15.4. The van der Waals surface area contributed by atoms with Gasteiger partial charge in [0.05, 0.1) is 0 Å². The molecule has 2 nitrogen and oxygen atoms in total. The number of unbranched alkanes of at least 4 members (excludes halogenated alkanes) is 7. The van der Waals surface area contributed by atoms with E-state index in [9.17, 15) is 4.79 Å². The smallest absolute Gasteiger partial charge is 0.139 e. The topological polar surface area (TPSA) is 43.1 Å². The lowest BCUT2D eigenvalue weighted by molar-refractivity contribution is -0.121. The van der Waals surface area contributed by atoms with E-state index in [1.165, 1.54) is 44.9 Å². The van der Waals surface area contributed by atoms with Crippen LogP contribution in [0.15, 0.2) is 12.2 Å². The summed E-state index contributed by atoms with van der Waals surface area (Å²) in [5.74, 6) is 0.509. The molecule has 2 heteroatoms. The average Bonchev–Trinajstić information content (AvgIpc) is 2.79. The van der Waals surface area contributed by atoms with E-state index in [2.05, 4.69) is 6.92 Å². The summed E-state index contributed by atoms with van der Waals surface area (Å²) in [6.45, 7) is 2.25. The molecule has 0 aliphatic heterocycles. The predicted molar refractivity (Wildman–Crippen MR) is 77.5 cm³/mol. The number of hydrogen-bond donors (Lipinski definition) is 1. The minimum atomic E-state index is 0.109. The third-order valence-corrected chi connectivity index (χ3v) is 3.81. The van der Waals surface area contributed by atoms with E-state index in [1.54, 1.807) is 0 Å². The number of rotatable bonds is 10. The first-order valence-corrected chi connectivity index (χ1v) is 7.70. The molecule has 2 atom stereocenters. The Morgan fingerprint density at radius 2 is 1.67 bits per heavy atom. The number of Topliss-reactive ketones (excluding diaryl/α,β-unsaturated/α-hetero) is 1.